The molecule has 0 spiro atoms. The van der Waals surface area contributed by atoms with Gasteiger partial charge >= 0.3 is 0 Å². The summed E-state index contributed by atoms with van der Waals surface area (Å²) in [5, 5.41) is 7.07. The number of piperidine rings is 1. The minimum absolute atomic E-state index is 0.0406. The van der Waals surface area contributed by atoms with E-state index in [-0.39, 0.29) is 29.6 Å². The Morgan fingerprint density at radius 3 is 2.53 bits per heavy atom. The number of halogens is 4. The van der Waals surface area contributed by atoms with E-state index in [0.29, 0.717) is 5.56 Å². The number of alkyl halides is 4. The number of hydrogen-bond acceptors (Lipinski definition) is 7. The van der Waals surface area contributed by atoms with Crippen molar-refractivity contribution in [2.75, 3.05) is 18.4 Å². The average Bonchev–Trinajstić information content (AvgIpc) is 3.19. The van der Waals surface area contributed by atoms with Crippen LogP contribution in [0.3, 0.4) is 0 Å². The normalized spacial score (nSPS) is 19.9. The lowest BCUT2D eigenvalue weighted by Gasteiger charge is -2.43. The molecule has 0 aromatic carbocycles. The lowest BCUT2D eigenvalue weighted by atomic mass is 9.88. The maximum atomic E-state index is 14.5. The summed E-state index contributed by atoms with van der Waals surface area (Å²) in [4.78, 5) is 30.5. The van der Waals surface area contributed by atoms with Crippen LogP contribution in [0.4, 0.5) is 23.5 Å². The minimum Gasteiger partial charge on any atom is -0.352 e. The highest BCUT2D eigenvalue weighted by molar-refractivity contribution is 5.98. The number of carbonyl (C=O) groups excluding carboxylic acids is 1. The molecule has 180 valence electrons. The van der Waals surface area contributed by atoms with Crippen molar-refractivity contribution in [3.63, 3.8) is 0 Å². The molecule has 4 heterocycles. The summed E-state index contributed by atoms with van der Waals surface area (Å²) in [6.45, 7) is 0.875. The summed E-state index contributed by atoms with van der Waals surface area (Å²) < 4.78 is 55.9. The third kappa shape index (κ3) is 4.97. The zero-order valence-electron chi connectivity index (χ0n) is 18.4. The van der Waals surface area contributed by atoms with E-state index in [0.717, 1.165) is 17.3 Å². The topological polar surface area (TPSA) is 102 Å². The Morgan fingerprint density at radius 2 is 1.88 bits per heavy atom. The van der Waals surface area contributed by atoms with Gasteiger partial charge in [-0.2, -0.15) is 5.10 Å². The number of nitrogens with one attached hydrogen (secondary N) is 1. The fraction of sp³-hybridized carbons (Fsp3) is 0.429. The van der Waals surface area contributed by atoms with Crippen LogP contribution in [-0.2, 0) is 7.05 Å². The van der Waals surface area contributed by atoms with Gasteiger partial charge in [-0.3, -0.25) is 9.48 Å². The van der Waals surface area contributed by atoms with Crippen molar-refractivity contribution in [3.8, 4) is 11.4 Å². The highest BCUT2D eigenvalue weighted by atomic mass is 19.3. The Kier molecular flexibility index (Phi) is 6.44. The molecule has 1 N–H and O–H groups in total. The molecule has 1 saturated heterocycles. The molecule has 0 radical (unpaired) electrons. The first-order valence-electron chi connectivity index (χ1n) is 10.5. The van der Waals surface area contributed by atoms with Gasteiger partial charge in [-0.1, -0.05) is 6.92 Å². The molecule has 1 amide bonds. The number of carbonyl (C=O) groups is 1. The number of nitrogens with zero attached hydrogens (tertiary/aromatic N) is 7. The van der Waals surface area contributed by atoms with Crippen LogP contribution >= 0.6 is 0 Å². The molecule has 1 aliphatic rings. The third-order valence-electron chi connectivity index (χ3n) is 5.57. The van der Waals surface area contributed by atoms with E-state index in [1.165, 1.54) is 17.1 Å². The second-order valence-corrected chi connectivity index (χ2v) is 8.20. The van der Waals surface area contributed by atoms with E-state index in [1.807, 2.05) is 0 Å². The van der Waals surface area contributed by atoms with Gasteiger partial charge in [-0.25, -0.2) is 37.5 Å². The first-order valence-corrected chi connectivity index (χ1v) is 10.5. The number of aryl methyl sites for hydroxylation is 1. The van der Waals surface area contributed by atoms with Crippen molar-refractivity contribution in [2.24, 2.45) is 13.0 Å². The molecular weight excluding hydrogens is 456 g/mol. The monoisotopic (exact) mass is 478 g/mol. The van der Waals surface area contributed by atoms with Crippen LogP contribution in [0, 0.1) is 5.92 Å². The Bertz CT molecular complexity index is 1140. The van der Waals surface area contributed by atoms with E-state index in [1.54, 1.807) is 26.2 Å². The summed E-state index contributed by atoms with van der Waals surface area (Å²) in [7, 11) is 1.61. The molecule has 0 bridgehead atoms. The predicted octanol–water partition coefficient (Wildman–Crippen LogP) is 3.20. The molecule has 0 unspecified atom stereocenters. The number of amides is 1. The zero-order valence-corrected chi connectivity index (χ0v) is 18.4. The fourth-order valence-electron chi connectivity index (χ4n) is 4.00. The highest BCUT2D eigenvalue weighted by Gasteiger charge is 2.47. The number of aromatic nitrogens is 6. The van der Waals surface area contributed by atoms with Gasteiger partial charge in [0.15, 0.2) is 11.5 Å². The van der Waals surface area contributed by atoms with Crippen molar-refractivity contribution in [3.05, 3.63) is 48.3 Å². The maximum absolute atomic E-state index is 14.5. The molecule has 2 atom stereocenters. The summed E-state index contributed by atoms with van der Waals surface area (Å²) in [5.41, 5.74) is -0.0488. The smallest absolute Gasteiger partial charge is 0.275 e. The van der Waals surface area contributed by atoms with Gasteiger partial charge in [0.25, 0.3) is 18.3 Å². The Morgan fingerprint density at radius 1 is 1.21 bits per heavy atom. The fourth-order valence-corrected chi connectivity index (χ4v) is 4.00. The molecule has 3 aromatic heterocycles. The first-order chi connectivity index (χ1) is 16.1. The summed E-state index contributed by atoms with van der Waals surface area (Å²) in [6, 6.07) is 0.961. The number of rotatable bonds is 6. The zero-order chi connectivity index (χ0) is 24.5. The molecule has 9 nitrogen and oxygen atoms in total. The summed E-state index contributed by atoms with van der Waals surface area (Å²) in [5.74, 6) is -4.05. The van der Waals surface area contributed by atoms with Gasteiger partial charge in [0.2, 0.25) is 5.95 Å². The van der Waals surface area contributed by atoms with E-state index in [9.17, 15) is 22.4 Å². The van der Waals surface area contributed by atoms with Crippen molar-refractivity contribution in [1.29, 1.82) is 0 Å². The van der Waals surface area contributed by atoms with Gasteiger partial charge in [0, 0.05) is 51.0 Å². The van der Waals surface area contributed by atoms with Crippen molar-refractivity contribution >= 4 is 11.9 Å². The molecule has 13 heteroatoms. The van der Waals surface area contributed by atoms with E-state index >= 15 is 0 Å². The Hall–Kier alpha value is -3.64. The first kappa shape index (κ1) is 23.5. The van der Waals surface area contributed by atoms with Crippen LogP contribution in [-0.4, -0.2) is 65.6 Å². The van der Waals surface area contributed by atoms with Gasteiger partial charge in [-0.05, 0) is 12.0 Å². The predicted molar refractivity (Wildman–Crippen MR) is 113 cm³/mol. The second-order valence-electron chi connectivity index (χ2n) is 8.20. The van der Waals surface area contributed by atoms with Crippen molar-refractivity contribution < 1.29 is 22.4 Å². The second kappa shape index (κ2) is 9.31. The SMILES string of the molecule is C[C@@H]1CC(F)(F)CN(C(=O)c2nn(C)cc2-c2ncccn2)[C@@H]1CNc1ncc(C(F)F)cn1. The van der Waals surface area contributed by atoms with Crippen LogP contribution in [0.15, 0.2) is 37.1 Å². The van der Waals surface area contributed by atoms with E-state index < -0.39 is 43.2 Å². The number of anilines is 1. The van der Waals surface area contributed by atoms with Crippen LogP contribution < -0.4 is 5.32 Å². The molecule has 0 aliphatic carbocycles. The molecule has 1 aliphatic heterocycles. The number of likely N-dealkylation sites (tertiary alicyclic amines) is 1. The Labute approximate surface area is 192 Å². The highest BCUT2D eigenvalue weighted by Crippen LogP contribution is 2.36. The molecule has 34 heavy (non-hydrogen) atoms. The van der Waals surface area contributed by atoms with Crippen LogP contribution in [0.2, 0.25) is 0 Å². The standard InChI is InChI=1S/C21H22F4N8O/c1-12-6-21(24,25)11-33(15(12)9-30-20-28-7-13(8-29-20)17(22)23)19(34)16-14(10-32(2)31-16)18-26-4-3-5-27-18/h3-5,7-8,10,12,15,17H,6,9,11H2,1-2H3,(H,28,29,30)/t12-,15-/m1/s1. The van der Waals surface area contributed by atoms with Crippen LogP contribution in [0.5, 0.6) is 0 Å². The average molecular weight is 478 g/mol. The van der Waals surface area contributed by atoms with Gasteiger partial charge in [-0.15, -0.1) is 0 Å². The Balaban J connectivity index is 1.60. The third-order valence-corrected chi connectivity index (χ3v) is 5.57. The van der Waals surface area contributed by atoms with E-state index in [2.05, 4.69) is 30.4 Å². The lowest BCUT2D eigenvalue weighted by molar-refractivity contribution is -0.0898. The minimum atomic E-state index is -3.08. The molecule has 4 rings (SSSR count). The quantitative estimate of drug-likeness (QED) is 0.543. The van der Waals surface area contributed by atoms with Crippen LogP contribution in [0.1, 0.15) is 35.8 Å². The maximum Gasteiger partial charge on any atom is 0.275 e. The molecule has 0 saturated carbocycles. The largest absolute Gasteiger partial charge is 0.352 e. The van der Waals surface area contributed by atoms with Gasteiger partial charge < -0.3 is 10.2 Å². The molecule has 1 fully saturated rings. The lowest BCUT2D eigenvalue weighted by Crippen LogP contribution is -2.57. The number of hydrogen-bond donors (Lipinski definition) is 1. The summed E-state index contributed by atoms with van der Waals surface area (Å²) >= 11 is 0. The van der Waals surface area contributed by atoms with E-state index in [4.69, 9.17) is 0 Å². The van der Waals surface area contributed by atoms with Crippen molar-refractivity contribution in [2.45, 2.75) is 31.7 Å². The molecule has 3 aromatic rings. The van der Waals surface area contributed by atoms with Crippen LogP contribution in [0.25, 0.3) is 11.4 Å². The van der Waals surface area contributed by atoms with Gasteiger partial charge in [0.05, 0.1) is 23.7 Å². The van der Waals surface area contributed by atoms with Gasteiger partial charge in [0.1, 0.15) is 0 Å². The van der Waals surface area contributed by atoms with Crippen molar-refractivity contribution in [1.82, 2.24) is 34.6 Å². The summed E-state index contributed by atoms with van der Waals surface area (Å²) in [6.07, 6.45) is 3.43. The molecular formula is C21H22F4N8O.